The van der Waals surface area contributed by atoms with Gasteiger partial charge in [0.05, 0.1) is 33.6 Å². The maximum absolute atomic E-state index is 13.8. The van der Waals surface area contributed by atoms with Gasteiger partial charge in [-0.25, -0.2) is 13.8 Å². The van der Waals surface area contributed by atoms with Crippen molar-refractivity contribution in [1.82, 2.24) is 0 Å². The van der Waals surface area contributed by atoms with E-state index in [9.17, 15) is 13.6 Å². The monoisotopic (exact) mass is 421 g/mol. The lowest BCUT2D eigenvalue weighted by Gasteiger charge is -2.09. The molecule has 0 saturated heterocycles. The number of carbonyl (C=O) groups excluding carboxylic acids is 1. The molecule has 0 radical (unpaired) electrons. The predicted molar refractivity (Wildman–Crippen MR) is 118 cm³/mol. The van der Waals surface area contributed by atoms with E-state index >= 15 is 0 Å². The molecule has 3 aromatic rings. The number of anilines is 1. The molecule has 0 fully saturated rings. The van der Waals surface area contributed by atoms with Crippen molar-refractivity contribution in [1.29, 1.82) is 0 Å². The Morgan fingerprint density at radius 3 is 2.37 bits per heavy atom. The summed E-state index contributed by atoms with van der Waals surface area (Å²) in [7, 11) is 0. The number of carbonyl (C=O) groups is 1. The number of para-hydroxylation sites is 2. The van der Waals surface area contributed by atoms with E-state index in [-0.39, 0.29) is 11.4 Å². The SMILES string of the molecule is O=C(CSC1=Nc2ccccc2N=C(c2ccccc2)C1)Nc1ccc(F)cc1F. The Kier molecular flexibility index (Phi) is 5.99. The summed E-state index contributed by atoms with van der Waals surface area (Å²) in [5.41, 5.74) is 3.29. The van der Waals surface area contributed by atoms with E-state index in [2.05, 4.69) is 10.3 Å². The van der Waals surface area contributed by atoms with Crippen LogP contribution in [0.5, 0.6) is 0 Å². The molecular formula is C23H17F2N3OS. The maximum Gasteiger partial charge on any atom is 0.234 e. The van der Waals surface area contributed by atoms with Gasteiger partial charge in [-0.1, -0.05) is 42.5 Å². The number of nitrogens with zero attached hydrogens (tertiary/aromatic N) is 2. The number of nitrogens with one attached hydrogen (secondary N) is 1. The van der Waals surface area contributed by atoms with Gasteiger partial charge in [-0.05, 0) is 29.8 Å². The van der Waals surface area contributed by atoms with Crippen LogP contribution >= 0.6 is 11.8 Å². The Labute approximate surface area is 176 Å². The van der Waals surface area contributed by atoms with Crippen molar-refractivity contribution in [2.75, 3.05) is 11.1 Å². The van der Waals surface area contributed by atoms with Crippen molar-refractivity contribution < 1.29 is 13.6 Å². The van der Waals surface area contributed by atoms with Crippen molar-refractivity contribution >= 4 is 45.5 Å². The first-order valence-corrected chi connectivity index (χ1v) is 10.2. The fourth-order valence-corrected chi connectivity index (χ4v) is 3.73. The largest absolute Gasteiger partial charge is 0.323 e. The Balaban J connectivity index is 1.51. The summed E-state index contributed by atoms with van der Waals surface area (Å²) in [6.45, 7) is 0. The van der Waals surface area contributed by atoms with Crippen LogP contribution in [-0.2, 0) is 4.79 Å². The highest BCUT2D eigenvalue weighted by Crippen LogP contribution is 2.33. The van der Waals surface area contributed by atoms with Gasteiger partial charge < -0.3 is 5.32 Å². The van der Waals surface area contributed by atoms with E-state index in [4.69, 9.17) is 4.99 Å². The molecule has 3 aromatic carbocycles. The third-order valence-electron chi connectivity index (χ3n) is 4.38. The van der Waals surface area contributed by atoms with E-state index in [1.165, 1.54) is 17.8 Å². The molecule has 0 bridgehead atoms. The highest BCUT2D eigenvalue weighted by Gasteiger charge is 2.17. The van der Waals surface area contributed by atoms with Gasteiger partial charge in [0.15, 0.2) is 0 Å². The lowest BCUT2D eigenvalue weighted by atomic mass is 10.1. The molecule has 30 heavy (non-hydrogen) atoms. The molecule has 7 heteroatoms. The minimum Gasteiger partial charge on any atom is -0.323 e. The Morgan fingerprint density at radius 1 is 0.933 bits per heavy atom. The third-order valence-corrected chi connectivity index (χ3v) is 5.36. The van der Waals surface area contributed by atoms with Crippen LogP contribution in [0.25, 0.3) is 0 Å². The zero-order valence-electron chi connectivity index (χ0n) is 15.8. The summed E-state index contributed by atoms with van der Waals surface area (Å²) in [5.74, 6) is -1.87. The molecule has 150 valence electrons. The van der Waals surface area contributed by atoms with Crippen LogP contribution in [0.3, 0.4) is 0 Å². The summed E-state index contributed by atoms with van der Waals surface area (Å²) < 4.78 is 26.8. The second kappa shape index (κ2) is 9.00. The van der Waals surface area contributed by atoms with Gasteiger partial charge in [-0.15, -0.1) is 11.8 Å². The van der Waals surface area contributed by atoms with Crippen molar-refractivity contribution in [3.05, 3.63) is 90.0 Å². The third kappa shape index (κ3) is 4.80. The van der Waals surface area contributed by atoms with Gasteiger partial charge in [0.25, 0.3) is 0 Å². The van der Waals surface area contributed by atoms with Crippen LogP contribution < -0.4 is 5.32 Å². The second-order valence-electron chi connectivity index (χ2n) is 6.56. The predicted octanol–water partition coefficient (Wildman–Crippen LogP) is 5.89. The molecule has 0 saturated carbocycles. The highest BCUT2D eigenvalue weighted by molar-refractivity contribution is 8.14. The Bertz CT molecular complexity index is 1150. The van der Waals surface area contributed by atoms with E-state index < -0.39 is 17.5 Å². The lowest BCUT2D eigenvalue weighted by Crippen LogP contribution is -2.17. The molecule has 0 spiro atoms. The van der Waals surface area contributed by atoms with E-state index in [1.807, 2.05) is 54.6 Å². The minimum atomic E-state index is -0.812. The lowest BCUT2D eigenvalue weighted by molar-refractivity contribution is -0.113. The van der Waals surface area contributed by atoms with Gasteiger partial charge >= 0.3 is 0 Å². The first kappa shape index (κ1) is 20.0. The molecule has 1 aliphatic rings. The van der Waals surface area contributed by atoms with Crippen molar-refractivity contribution in [2.45, 2.75) is 6.42 Å². The van der Waals surface area contributed by atoms with Crippen LogP contribution in [0.15, 0.2) is 82.8 Å². The van der Waals surface area contributed by atoms with Crippen LogP contribution in [0.1, 0.15) is 12.0 Å². The maximum atomic E-state index is 13.8. The normalized spacial score (nSPS) is 13.0. The molecule has 1 aliphatic heterocycles. The summed E-state index contributed by atoms with van der Waals surface area (Å²) in [6, 6.07) is 20.4. The number of rotatable bonds is 4. The number of hydrogen-bond acceptors (Lipinski definition) is 4. The quantitative estimate of drug-likeness (QED) is 0.571. The van der Waals surface area contributed by atoms with Gasteiger partial charge in [0.1, 0.15) is 11.6 Å². The smallest absolute Gasteiger partial charge is 0.234 e. The summed E-state index contributed by atoms with van der Waals surface area (Å²) in [4.78, 5) is 21.8. The molecule has 1 amide bonds. The zero-order chi connectivity index (χ0) is 20.9. The van der Waals surface area contributed by atoms with Gasteiger partial charge in [-0.2, -0.15) is 0 Å². The Morgan fingerprint density at radius 2 is 1.63 bits per heavy atom. The summed E-state index contributed by atoms with van der Waals surface area (Å²) >= 11 is 1.27. The second-order valence-corrected chi connectivity index (χ2v) is 7.61. The van der Waals surface area contributed by atoms with Crippen molar-refractivity contribution in [2.24, 2.45) is 9.98 Å². The molecule has 0 aliphatic carbocycles. The first-order valence-electron chi connectivity index (χ1n) is 9.26. The number of hydrogen-bond donors (Lipinski definition) is 1. The van der Waals surface area contributed by atoms with Crippen molar-refractivity contribution in [3.63, 3.8) is 0 Å². The minimum absolute atomic E-state index is 0.0416. The average molecular weight is 421 g/mol. The van der Waals surface area contributed by atoms with Crippen LogP contribution in [0.4, 0.5) is 25.8 Å². The summed E-state index contributed by atoms with van der Waals surface area (Å²) in [5, 5.41) is 3.20. The zero-order valence-corrected chi connectivity index (χ0v) is 16.6. The molecular weight excluding hydrogens is 404 g/mol. The number of amides is 1. The molecule has 1 heterocycles. The van der Waals surface area contributed by atoms with Crippen LogP contribution in [0.2, 0.25) is 0 Å². The standard InChI is InChI=1S/C23H17F2N3OS/c24-16-10-11-18(17(25)12-16)27-22(29)14-30-23-13-21(15-6-2-1-3-7-15)26-19-8-4-5-9-20(19)28-23/h1-12H,13-14H2,(H,27,29). The molecule has 4 rings (SSSR count). The summed E-state index contributed by atoms with van der Waals surface area (Å²) in [6.07, 6.45) is 0.474. The van der Waals surface area contributed by atoms with E-state index in [0.29, 0.717) is 6.42 Å². The number of halogens is 2. The van der Waals surface area contributed by atoms with Crippen LogP contribution in [0, 0.1) is 11.6 Å². The molecule has 4 nitrogen and oxygen atoms in total. The molecule has 0 unspecified atom stereocenters. The van der Waals surface area contributed by atoms with Crippen molar-refractivity contribution in [3.8, 4) is 0 Å². The fraction of sp³-hybridized carbons (Fsp3) is 0.0870. The number of fused-ring (bicyclic) bond motifs is 1. The van der Waals surface area contributed by atoms with Gasteiger partial charge in [0.2, 0.25) is 5.91 Å². The molecule has 0 aromatic heterocycles. The number of aliphatic imine (C=N–C) groups is 2. The Hall–Kier alpha value is -3.32. The van der Waals surface area contributed by atoms with E-state index in [0.717, 1.165) is 39.8 Å². The number of thioether (sulfide) groups is 1. The van der Waals surface area contributed by atoms with Gasteiger partial charge in [-0.3, -0.25) is 9.79 Å². The van der Waals surface area contributed by atoms with E-state index in [1.54, 1.807) is 0 Å². The van der Waals surface area contributed by atoms with Crippen LogP contribution in [-0.4, -0.2) is 22.4 Å². The number of benzene rings is 3. The average Bonchev–Trinajstić information content (AvgIpc) is 2.94. The topological polar surface area (TPSA) is 53.8 Å². The van der Waals surface area contributed by atoms with Gasteiger partial charge in [0, 0.05) is 12.5 Å². The fourth-order valence-electron chi connectivity index (χ4n) is 2.96. The molecule has 1 N–H and O–H groups in total. The highest BCUT2D eigenvalue weighted by atomic mass is 32.2. The first-order chi connectivity index (χ1) is 14.6. The molecule has 0 atom stereocenters.